The van der Waals surface area contributed by atoms with Crippen molar-refractivity contribution in [3.8, 4) is 0 Å². The largest absolute Gasteiger partial charge is 0.373 e. The zero-order chi connectivity index (χ0) is 23.1. The summed E-state index contributed by atoms with van der Waals surface area (Å²) in [5.74, 6) is 1.07. The topological polar surface area (TPSA) is 70.6 Å². The molecule has 1 unspecified atom stereocenters. The van der Waals surface area contributed by atoms with Crippen LogP contribution in [0.1, 0.15) is 43.1 Å². The number of aromatic nitrogens is 2. The molecule has 2 heterocycles. The van der Waals surface area contributed by atoms with E-state index in [-0.39, 0.29) is 12.0 Å². The minimum absolute atomic E-state index is 0.0687. The van der Waals surface area contributed by atoms with E-state index in [2.05, 4.69) is 48.2 Å². The number of carbonyl (C=O) groups excluding carboxylic acids is 1. The van der Waals surface area contributed by atoms with Crippen molar-refractivity contribution < 1.29 is 9.53 Å². The van der Waals surface area contributed by atoms with Crippen molar-refractivity contribution >= 4 is 29.2 Å². The van der Waals surface area contributed by atoms with Crippen LogP contribution in [0.5, 0.6) is 0 Å². The second-order valence-corrected chi connectivity index (χ2v) is 9.15. The molecular formula is C24H35N5O2S. The lowest BCUT2D eigenvalue weighted by Gasteiger charge is -2.23. The van der Waals surface area contributed by atoms with E-state index < -0.39 is 0 Å². The maximum atomic E-state index is 13.4. The lowest BCUT2D eigenvalue weighted by molar-refractivity contribution is 0.00568. The van der Waals surface area contributed by atoms with Crippen molar-refractivity contribution in [2.75, 3.05) is 49.3 Å². The molecule has 1 aliphatic heterocycles. The van der Waals surface area contributed by atoms with Gasteiger partial charge in [-0.3, -0.25) is 4.79 Å². The molecule has 1 atom stereocenters. The average Bonchev–Trinajstić information content (AvgIpc) is 2.92. The molecule has 0 aliphatic carbocycles. The number of thioether (sulfide) groups is 1. The quantitative estimate of drug-likeness (QED) is 0.330. The SMILES string of the molecule is CCNCCC(OCc1cccc(N2CCN(C)c3nc(SC)ncc3C2=O)c1)C(C)C. The van der Waals surface area contributed by atoms with Gasteiger partial charge in [-0.05, 0) is 49.4 Å². The number of likely N-dealkylation sites (N-methyl/N-ethyl adjacent to an activating group) is 1. The van der Waals surface area contributed by atoms with E-state index >= 15 is 0 Å². The Kier molecular flexibility index (Phi) is 8.90. The highest BCUT2D eigenvalue weighted by molar-refractivity contribution is 7.98. The number of hydrogen-bond acceptors (Lipinski definition) is 7. The Labute approximate surface area is 195 Å². The predicted molar refractivity (Wildman–Crippen MR) is 132 cm³/mol. The van der Waals surface area contributed by atoms with Gasteiger partial charge in [0.15, 0.2) is 5.16 Å². The van der Waals surface area contributed by atoms with Crippen molar-refractivity contribution in [3.63, 3.8) is 0 Å². The fraction of sp³-hybridized carbons (Fsp3) is 0.542. The van der Waals surface area contributed by atoms with Gasteiger partial charge in [0.25, 0.3) is 5.91 Å². The van der Waals surface area contributed by atoms with Crippen molar-refractivity contribution in [2.45, 2.75) is 45.1 Å². The van der Waals surface area contributed by atoms with Gasteiger partial charge in [0.1, 0.15) is 11.4 Å². The Hall–Kier alpha value is -2.16. The van der Waals surface area contributed by atoms with Gasteiger partial charge < -0.3 is 19.9 Å². The number of fused-ring (bicyclic) bond motifs is 1. The number of nitrogens with one attached hydrogen (secondary N) is 1. The Balaban J connectivity index is 1.75. The van der Waals surface area contributed by atoms with Crippen LogP contribution in [0.15, 0.2) is 35.6 Å². The number of amides is 1. The van der Waals surface area contributed by atoms with Gasteiger partial charge in [0, 0.05) is 32.0 Å². The second-order valence-electron chi connectivity index (χ2n) is 8.38. The number of nitrogens with zero attached hydrogens (tertiary/aromatic N) is 4. The first kappa shape index (κ1) is 24.5. The summed E-state index contributed by atoms with van der Waals surface area (Å²) in [5, 5.41) is 4.05. The molecule has 0 spiro atoms. The summed E-state index contributed by atoms with van der Waals surface area (Å²) in [7, 11) is 1.97. The van der Waals surface area contributed by atoms with Crippen LogP contribution in [-0.2, 0) is 11.3 Å². The summed E-state index contributed by atoms with van der Waals surface area (Å²) in [6.45, 7) is 10.2. The maximum absolute atomic E-state index is 13.4. The molecule has 1 aliphatic rings. The zero-order valence-corrected chi connectivity index (χ0v) is 20.6. The molecule has 174 valence electrons. The first-order valence-corrected chi connectivity index (χ1v) is 12.5. The Bertz CT molecular complexity index is 908. The fourth-order valence-corrected chi connectivity index (χ4v) is 4.13. The Morgan fingerprint density at radius 3 is 2.81 bits per heavy atom. The van der Waals surface area contributed by atoms with E-state index in [0.717, 1.165) is 30.8 Å². The molecule has 7 nitrogen and oxygen atoms in total. The first-order chi connectivity index (χ1) is 15.4. The van der Waals surface area contributed by atoms with Crippen LogP contribution in [-0.4, -0.2) is 61.5 Å². The van der Waals surface area contributed by atoms with Gasteiger partial charge in [-0.25, -0.2) is 9.97 Å². The third kappa shape index (κ3) is 5.99. The summed E-state index contributed by atoms with van der Waals surface area (Å²) in [4.78, 5) is 26.1. The van der Waals surface area contributed by atoms with Gasteiger partial charge >= 0.3 is 0 Å². The highest BCUT2D eigenvalue weighted by Gasteiger charge is 2.28. The van der Waals surface area contributed by atoms with Gasteiger partial charge in [0.2, 0.25) is 0 Å². The van der Waals surface area contributed by atoms with E-state index in [9.17, 15) is 4.79 Å². The van der Waals surface area contributed by atoms with Crippen LogP contribution in [0.4, 0.5) is 11.5 Å². The molecular weight excluding hydrogens is 422 g/mol. The van der Waals surface area contributed by atoms with Crippen LogP contribution >= 0.6 is 11.8 Å². The molecule has 0 saturated heterocycles. The number of anilines is 2. The summed E-state index contributed by atoms with van der Waals surface area (Å²) in [5.41, 5.74) is 2.48. The number of ether oxygens (including phenoxy) is 1. The molecule has 1 amide bonds. The lowest BCUT2D eigenvalue weighted by Crippen LogP contribution is -2.33. The number of benzene rings is 1. The summed E-state index contributed by atoms with van der Waals surface area (Å²) < 4.78 is 6.25. The number of carbonyl (C=O) groups is 1. The minimum Gasteiger partial charge on any atom is -0.373 e. The zero-order valence-electron chi connectivity index (χ0n) is 19.8. The normalized spacial score (nSPS) is 15.1. The molecule has 2 aromatic rings. The standard InChI is InChI=1S/C24H35N5O2S/c1-6-25-11-10-21(17(2)3)31-16-18-8-7-9-19(14-18)29-13-12-28(4)22-20(23(29)30)15-26-24(27-22)32-5/h7-9,14-15,17,21,25H,6,10-13,16H2,1-5H3. The van der Waals surface area contributed by atoms with Crippen LogP contribution < -0.4 is 15.1 Å². The maximum Gasteiger partial charge on any atom is 0.263 e. The molecule has 1 aromatic heterocycles. The van der Waals surface area contributed by atoms with Crippen LogP contribution in [0, 0.1) is 5.92 Å². The highest BCUT2D eigenvalue weighted by atomic mass is 32.2. The van der Waals surface area contributed by atoms with E-state index in [4.69, 9.17) is 4.74 Å². The third-order valence-corrected chi connectivity index (χ3v) is 6.27. The Morgan fingerprint density at radius 1 is 1.28 bits per heavy atom. The van der Waals surface area contributed by atoms with Gasteiger partial charge in [-0.1, -0.05) is 44.7 Å². The summed E-state index contributed by atoms with van der Waals surface area (Å²) >= 11 is 1.47. The molecule has 0 bridgehead atoms. The minimum atomic E-state index is -0.0687. The summed E-state index contributed by atoms with van der Waals surface area (Å²) in [6, 6.07) is 8.09. The second kappa shape index (κ2) is 11.6. The van der Waals surface area contributed by atoms with E-state index in [1.165, 1.54) is 11.8 Å². The smallest absolute Gasteiger partial charge is 0.263 e. The van der Waals surface area contributed by atoms with Crippen molar-refractivity contribution in [3.05, 3.63) is 41.6 Å². The molecule has 8 heteroatoms. The van der Waals surface area contributed by atoms with E-state index in [1.807, 2.05) is 35.2 Å². The van der Waals surface area contributed by atoms with Crippen LogP contribution in [0.2, 0.25) is 0 Å². The molecule has 32 heavy (non-hydrogen) atoms. The van der Waals surface area contributed by atoms with Gasteiger partial charge in [0.05, 0.1) is 12.7 Å². The molecule has 0 saturated carbocycles. The van der Waals surface area contributed by atoms with Crippen molar-refractivity contribution in [1.82, 2.24) is 15.3 Å². The molecule has 0 radical (unpaired) electrons. The van der Waals surface area contributed by atoms with Gasteiger partial charge in [-0.15, -0.1) is 0 Å². The Morgan fingerprint density at radius 2 is 2.09 bits per heavy atom. The van der Waals surface area contributed by atoms with E-state index in [0.29, 0.717) is 42.2 Å². The average molecular weight is 458 g/mol. The van der Waals surface area contributed by atoms with Gasteiger partial charge in [-0.2, -0.15) is 0 Å². The van der Waals surface area contributed by atoms with Crippen molar-refractivity contribution in [1.29, 1.82) is 0 Å². The molecule has 0 fully saturated rings. The van der Waals surface area contributed by atoms with Crippen LogP contribution in [0.25, 0.3) is 0 Å². The number of hydrogen-bond donors (Lipinski definition) is 1. The number of rotatable bonds is 10. The first-order valence-electron chi connectivity index (χ1n) is 11.3. The molecule has 1 N–H and O–H groups in total. The monoisotopic (exact) mass is 457 g/mol. The fourth-order valence-electron chi connectivity index (χ4n) is 3.79. The highest BCUT2D eigenvalue weighted by Crippen LogP contribution is 2.27. The molecule has 3 rings (SSSR count). The lowest BCUT2D eigenvalue weighted by atomic mass is 10.0. The predicted octanol–water partition coefficient (Wildman–Crippen LogP) is 3.84. The third-order valence-electron chi connectivity index (χ3n) is 5.71. The van der Waals surface area contributed by atoms with E-state index in [1.54, 1.807) is 6.20 Å². The molecule has 1 aromatic carbocycles. The van der Waals surface area contributed by atoms with Crippen molar-refractivity contribution in [2.24, 2.45) is 5.92 Å². The summed E-state index contributed by atoms with van der Waals surface area (Å²) in [6.07, 6.45) is 4.76. The van der Waals surface area contributed by atoms with Crippen LogP contribution in [0.3, 0.4) is 0 Å².